The average molecular weight is 236 g/mol. The molecule has 0 aliphatic carbocycles. The number of hydrogen-bond donors (Lipinski definition) is 1. The predicted molar refractivity (Wildman–Crippen MR) is 72.6 cm³/mol. The van der Waals surface area contributed by atoms with E-state index in [1.807, 2.05) is 59.4 Å². The molecule has 0 radical (unpaired) electrons. The predicted octanol–water partition coefficient (Wildman–Crippen LogP) is 2.27. The Morgan fingerprint density at radius 1 is 0.778 bits per heavy atom. The average Bonchev–Trinajstić information content (AvgIpc) is 2.47. The van der Waals surface area contributed by atoms with Crippen molar-refractivity contribution in [1.29, 1.82) is 0 Å². The SMILES string of the molecule is NN(c1ccccc1)[n+]1cccc2ccccc21. The first-order chi connectivity index (χ1) is 8.86. The van der Waals surface area contributed by atoms with Crippen LogP contribution in [0.4, 0.5) is 5.69 Å². The van der Waals surface area contributed by atoms with E-state index in [-0.39, 0.29) is 0 Å². The first kappa shape index (κ1) is 10.7. The Kier molecular flexibility index (Phi) is 2.67. The fourth-order valence-electron chi connectivity index (χ4n) is 2.04. The van der Waals surface area contributed by atoms with Crippen molar-refractivity contribution in [1.82, 2.24) is 0 Å². The summed E-state index contributed by atoms with van der Waals surface area (Å²) in [6.45, 7) is 0. The molecule has 0 amide bonds. The zero-order valence-corrected chi connectivity index (χ0v) is 9.90. The normalized spacial score (nSPS) is 10.5. The zero-order chi connectivity index (χ0) is 12.4. The molecule has 0 atom stereocenters. The van der Waals surface area contributed by atoms with Crippen LogP contribution < -0.4 is 15.6 Å². The summed E-state index contributed by atoms with van der Waals surface area (Å²) in [7, 11) is 0. The fourth-order valence-corrected chi connectivity index (χ4v) is 2.04. The minimum absolute atomic E-state index is 0.943. The van der Waals surface area contributed by atoms with Gasteiger partial charge in [-0.1, -0.05) is 40.1 Å². The van der Waals surface area contributed by atoms with Crippen LogP contribution >= 0.6 is 0 Å². The summed E-state index contributed by atoms with van der Waals surface area (Å²) >= 11 is 0. The van der Waals surface area contributed by atoms with Crippen LogP contribution in [0.2, 0.25) is 0 Å². The number of nitrogens with zero attached hydrogens (tertiary/aromatic N) is 2. The molecule has 0 saturated carbocycles. The Labute approximate surface area is 106 Å². The number of fused-ring (bicyclic) bond motifs is 1. The molecule has 0 fully saturated rings. The second-order valence-electron chi connectivity index (χ2n) is 4.09. The van der Waals surface area contributed by atoms with Crippen molar-refractivity contribution in [2.24, 2.45) is 5.84 Å². The maximum absolute atomic E-state index is 6.18. The van der Waals surface area contributed by atoms with E-state index in [2.05, 4.69) is 18.2 Å². The van der Waals surface area contributed by atoms with Crippen molar-refractivity contribution < 1.29 is 4.68 Å². The number of nitrogens with two attached hydrogens (primary N) is 1. The lowest BCUT2D eigenvalue weighted by Crippen LogP contribution is -2.59. The number of pyridine rings is 1. The highest BCUT2D eigenvalue weighted by Gasteiger charge is 2.15. The van der Waals surface area contributed by atoms with Gasteiger partial charge in [-0.05, 0) is 24.3 Å². The number of rotatable bonds is 2. The van der Waals surface area contributed by atoms with Crippen molar-refractivity contribution in [3.8, 4) is 0 Å². The Hall–Kier alpha value is -2.39. The summed E-state index contributed by atoms with van der Waals surface area (Å²) in [5.74, 6) is 6.18. The quantitative estimate of drug-likeness (QED) is 0.420. The molecule has 0 unspecified atom stereocenters. The van der Waals surface area contributed by atoms with Gasteiger partial charge in [0, 0.05) is 17.5 Å². The second-order valence-corrected chi connectivity index (χ2v) is 4.09. The van der Waals surface area contributed by atoms with E-state index >= 15 is 0 Å². The summed E-state index contributed by atoms with van der Waals surface area (Å²) in [5.41, 5.74) is 2.02. The molecule has 2 aromatic carbocycles. The molecule has 1 heterocycles. The molecule has 3 heteroatoms. The third kappa shape index (κ3) is 1.81. The number of hydrazine groups is 1. The molecule has 3 nitrogen and oxygen atoms in total. The molecule has 2 N–H and O–H groups in total. The molecule has 88 valence electrons. The van der Waals surface area contributed by atoms with Crippen molar-refractivity contribution in [2.45, 2.75) is 0 Å². The molecular weight excluding hydrogens is 222 g/mol. The molecule has 0 bridgehead atoms. The van der Waals surface area contributed by atoms with Gasteiger partial charge in [-0.15, -0.1) is 0 Å². The summed E-state index contributed by atoms with van der Waals surface area (Å²) in [4.78, 5) is 0. The Balaban J connectivity index is 2.15. The minimum Gasteiger partial charge on any atom is -0.192 e. The van der Waals surface area contributed by atoms with Gasteiger partial charge in [-0.2, -0.15) is 5.84 Å². The van der Waals surface area contributed by atoms with Crippen LogP contribution in [0.3, 0.4) is 0 Å². The smallest absolute Gasteiger partial charge is 0.192 e. The molecule has 1 aromatic heterocycles. The molecule has 0 aliphatic rings. The maximum Gasteiger partial charge on any atom is 0.244 e. The van der Waals surface area contributed by atoms with Gasteiger partial charge in [0.05, 0.1) is 0 Å². The third-order valence-corrected chi connectivity index (χ3v) is 2.94. The number of aromatic nitrogens is 1. The van der Waals surface area contributed by atoms with Crippen LogP contribution in [-0.2, 0) is 0 Å². The van der Waals surface area contributed by atoms with E-state index in [9.17, 15) is 0 Å². The van der Waals surface area contributed by atoms with E-state index in [0.717, 1.165) is 16.6 Å². The first-order valence-corrected chi connectivity index (χ1v) is 5.86. The molecule has 0 saturated heterocycles. The number of hydrogen-bond acceptors (Lipinski definition) is 2. The van der Waals surface area contributed by atoms with Crippen LogP contribution in [0.5, 0.6) is 0 Å². The highest BCUT2D eigenvalue weighted by molar-refractivity contribution is 5.75. The maximum atomic E-state index is 6.18. The lowest BCUT2D eigenvalue weighted by atomic mass is 10.2. The summed E-state index contributed by atoms with van der Waals surface area (Å²) in [6, 6.07) is 22.1. The van der Waals surface area contributed by atoms with Crippen LogP contribution in [0.25, 0.3) is 10.9 Å². The summed E-state index contributed by atoms with van der Waals surface area (Å²) in [6.07, 6.45) is 1.95. The third-order valence-electron chi connectivity index (χ3n) is 2.94. The van der Waals surface area contributed by atoms with E-state index in [1.165, 1.54) is 0 Å². The van der Waals surface area contributed by atoms with Gasteiger partial charge < -0.3 is 0 Å². The van der Waals surface area contributed by atoms with Gasteiger partial charge in [-0.25, -0.2) is 0 Å². The van der Waals surface area contributed by atoms with Gasteiger partial charge in [0.1, 0.15) is 5.69 Å². The summed E-state index contributed by atoms with van der Waals surface area (Å²) in [5, 5.41) is 2.80. The zero-order valence-electron chi connectivity index (χ0n) is 9.90. The van der Waals surface area contributed by atoms with E-state index in [0.29, 0.717) is 0 Å². The molecule has 3 aromatic rings. The number of benzene rings is 2. The van der Waals surface area contributed by atoms with Crippen molar-refractivity contribution in [3.05, 3.63) is 72.9 Å². The monoisotopic (exact) mass is 236 g/mol. The van der Waals surface area contributed by atoms with Crippen LogP contribution in [0.15, 0.2) is 72.9 Å². The van der Waals surface area contributed by atoms with Gasteiger partial charge in [0.2, 0.25) is 11.7 Å². The summed E-state index contributed by atoms with van der Waals surface area (Å²) < 4.78 is 1.94. The van der Waals surface area contributed by atoms with E-state index in [1.54, 1.807) is 5.12 Å². The second kappa shape index (κ2) is 4.47. The minimum atomic E-state index is 0.943. The highest BCUT2D eigenvalue weighted by atomic mass is 15.7. The molecular formula is C15H14N3+. The van der Waals surface area contributed by atoms with E-state index < -0.39 is 0 Å². The standard InChI is InChI=1S/C15H14N3/c16-18(14-9-2-1-3-10-14)17-12-6-8-13-7-4-5-11-15(13)17/h1-12H,16H2/q+1. The number of para-hydroxylation sites is 2. The first-order valence-electron chi connectivity index (χ1n) is 5.86. The van der Waals surface area contributed by atoms with Crippen molar-refractivity contribution in [3.63, 3.8) is 0 Å². The Bertz CT molecular complexity index is 659. The highest BCUT2D eigenvalue weighted by Crippen LogP contribution is 2.11. The van der Waals surface area contributed by atoms with Crippen LogP contribution in [0, 0.1) is 0 Å². The van der Waals surface area contributed by atoms with Gasteiger partial charge in [0.25, 0.3) is 0 Å². The van der Waals surface area contributed by atoms with Gasteiger partial charge in [-0.3, -0.25) is 0 Å². The van der Waals surface area contributed by atoms with Crippen LogP contribution in [-0.4, -0.2) is 0 Å². The van der Waals surface area contributed by atoms with Crippen molar-refractivity contribution >= 4 is 16.6 Å². The Morgan fingerprint density at radius 2 is 1.44 bits per heavy atom. The van der Waals surface area contributed by atoms with E-state index in [4.69, 9.17) is 5.84 Å². The largest absolute Gasteiger partial charge is 0.244 e. The van der Waals surface area contributed by atoms with Gasteiger partial charge in [0.15, 0.2) is 0 Å². The topological polar surface area (TPSA) is 33.1 Å². The molecule has 0 aliphatic heterocycles. The van der Waals surface area contributed by atoms with Crippen LogP contribution in [0.1, 0.15) is 0 Å². The van der Waals surface area contributed by atoms with Crippen molar-refractivity contribution in [2.75, 3.05) is 5.12 Å². The molecule has 0 spiro atoms. The van der Waals surface area contributed by atoms with Gasteiger partial charge >= 0.3 is 0 Å². The lowest BCUT2D eigenvalue weighted by molar-refractivity contribution is -0.660. The fraction of sp³-hybridized carbons (Fsp3) is 0. The lowest BCUT2D eigenvalue weighted by Gasteiger charge is -2.12. The molecule has 18 heavy (non-hydrogen) atoms. The molecule has 3 rings (SSSR count). The Morgan fingerprint density at radius 3 is 2.28 bits per heavy atom. The number of anilines is 1.